The maximum atomic E-state index is 11.7. The summed E-state index contributed by atoms with van der Waals surface area (Å²) in [6.45, 7) is 3.04. The molecule has 0 aliphatic rings. The molecule has 0 aliphatic carbocycles. The van der Waals surface area contributed by atoms with Crippen molar-refractivity contribution in [2.24, 2.45) is 0 Å². The van der Waals surface area contributed by atoms with Crippen molar-refractivity contribution in [1.82, 2.24) is 0 Å². The number of carbonyl (C=O) groups excluding carboxylic acids is 2. The Kier molecular flexibility index (Phi) is 4.73. The molecule has 0 saturated carbocycles. The molecule has 0 saturated heterocycles. The Morgan fingerprint density at radius 1 is 1.18 bits per heavy atom. The third kappa shape index (κ3) is 3.32. The molecule has 0 atom stereocenters. The second kappa shape index (κ2) is 5.84. The second-order valence-corrected chi connectivity index (χ2v) is 4.06. The van der Waals surface area contributed by atoms with Crippen LogP contribution in [-0.4, -0.2) is 11.8 Å². The summed E-state index contributed by atoms with van der Waals surface area (Å²) in [5.41, 5.74) is 0.291. The minimum atomic E-state index is -0.646. The Labute approximate surface area is 109 Å². The normalized spacial score (nSPS) is 10.6. The van der Waals surface area contributed by atoms with Gasteiger partial charge in [-0.05, 0) is 26.0 Å². The van der Waals surface area contributed by atoms with Gasteiger partial charge in [-0.3, -0.25) is 4.79 Å². The van der Waals surface area contributed by atoms with Gasteiger partial charge in [0.05, 0.1) is 21.9 Å². The number of halogens is 2. The number of ether oxygens (including phenoxy) is 1. The molecule has 0 bridgehead atoms. The molecule has 0 aliphatic heterocycles. The highest BCUT2D eigenvalue weighted by molar-refractivity contribution is 6.42. The number of rotatable bonds is 3. The molecule has 0 radical (unpaired) electrons. The van der Waals surface area contributed by atoms with Gasteiger partial charge in [-0.25, -0.2) is 4.79 Å². The van der Waals surface area contributed by atoms with Gasteiger partial charge in [-0.1, -0.05) is 29.3 Å². The average molecular weight is 273 g/mol. The van der Waals surface area contributed by atoms with E-state index in [1.165, 1.54) is 25.3 Å². The van der Waals surface area contributed by atoms with Crippen LogP contribution in [0.5, 0.6) is 0 Å². The van der Waals surface area contributed by atoms with Crippen molar-refractivity contribution in [2.45, 2.75) is 13.8 Å². The highest BCUT2D eigenvalue weighted by Crippen LogP contribution is 2.26. The Balaban J connectivity index is 3.25. The quantitative estimate of drug-likeness (QED) is 0.476. The summed E-state index contributed by atoms with van der Waals surface area (Å²) in [5.74, 6) is -0.928. The fraction of sp³-hybridized carbons (Fsp3) is 0.167. The molecule has 0 spiro atoms. The Morgan fingerprint density at radius 3 is 2.18 bits per heavy atom. The van der Waals surface area contributed by atoms with E-state index in [0.717, 1.165) is 0 Å². The monoisotopic (exact) mass is 272 g/mol. The van der Waals surface area contributed by atoms with Gasteiger partial charge >= 0.3 is 5.97 Å². The fourth-order valence-corrected chi connectivity index (χ4v) is 1.53. The van der Waals surface area contributed by atoms with Crippen molar-refractivity contribution in [3.63, 3.8) is 0 Å². The van der Waals surface area contributed by atoms with Crippen molar-refractivity contribution in [1.29, 1.82) is 0 Å². The van der Waals surface area contributed by atoms with Crippen molar-refractivity contribution in [3.8, 4) is 0 Å². The van der Waals surface area contributed by atoms with Gasteiger partial charge in [0, 0.05) is 5.56 Å². The third-order valence-electron chi connectivity index (χ3n) is 1.97. The first-order valence-corrected chi connectivity index (χ1v) is 5.55. The van der Waals surface area contributed by atoms with Crippen LogP contribution in [0.3, 0.4) is 0 Å². The maximum Gasteiger partial charge on any atom is 0.343 e. The van der Waals surface area contributed by atoms with Crippen LogP contribution in [0.2, 0.25) is 10.0 Å². The summed E-state index contributed by atoms with van der Waals surface area (Å²) < 4.78 is 4.79. The van der Waals surface area contributed by atoms with Gasteiger partial charge in [0.1, 0.15) is 0 Å². The maximum absolute atomic E-state index is 11.7. The molecule has 0 N–H and O–H groups in total. The van der Waals surface area contributed by atoms with E-state index in [9.17, 15) is 9.59 Å². The largest absolute Gasteiger partial charge is 0.431 e. The van der Waals surface area contributed by atoms with Crippen molar-refractivity contribution < 1.29 is 14.3 Å². The number of esters is 1. The topological polar surface area (TPSA) is 43.4 Å². The summed E-state index contributed by atoms with van der Waals surface area (Å²) >= 11 is 11.6. The standard InChI is InChI=1S/C12H10Cl2O3/c1-3-4-17-12(16)9-6-11(14)10(13)5-8(9)7(2)15/h3-6H,1-2H3/b4-3-. The Morgan fingerprint density at radius 2 is 1.71 bits per heavy atom. The SMILES string of the molecule is C/C=C\OC(=O)c1cc(Cl)c(Cl)cc1C(C)=O. The molecule has 0 aromatic heterocycles. The van der Waals surface area contributed by atoms with E-state index in [-0.39, 0.29) is 27.0 Å². The van der Waals surface area contributed by atoms with Crippen molar-refractivity contribution >= 4 is 35.0 Å². The molecule has 5 heteroatoms. The summed E-state index contributed by atoms with van der Waals surface area (Å²) in [6.07, 6.45) is 2.79. The minimum absolute atomic E-state index is 0.102. The molecule has 0 unspecified atom stereocenters. The van der Waals surface area contributed by atoms with Crippen LogP contribution >= 0.6 is 23.2 Å². The van der Waals surface area contributed by atoms with E-state index < -0.39 is 5.97 Å². The van der Waals surface area contributed by atoms with Gasteiger partial charge in [0.15, 0.2) is 5.78 Å². The first kappa shape index (κ1) is 13.7. The highest BCUT2D eigenvalue weighted by atomic mass is 35.5. The lowest BCUT2D eigenvalue weighted by Gasteiger charge is -2.07. The van der Waals surface area contributed by atoms with Crippen LogP contribution in [0.15, 0.2) is 24.5 Å². The van der Waals surface area contributed by atoms with Crippen LogP contribution in [-0.2, 0) is 4.74 Å². The minimum Gasteiger partial charge on any atom is -0.431 e. The van der Waals surface area contributed by atoms with Crippen LogP contribution in [0, 0.1) is 0 Å². The highest BCUT2D eigenvalue weighted by Gasteiger charge is 2.17. The Bertz CT molecular complexity index is 493. The first-order valence-electron chi connectivity index (χ1n) is 4.79. The second-order valence-electron chi connectivity index (χ2n) is 3.24. The van der Waals surface area contributed by atoms with E-state index in [1.54, 1.807) is 13.0 Å². The summed E-state index contributed by atoms with van der Waals surface area (Å²) in [5, 5.41) is 0.420. The third-order valence-corrected chi connectivity index (χ3v) is 2.69. The molecule has 0 amide bonds. The van der Waals surface area contributed by atoms with E-state index in [0.29, 0.717) is 0 Å². The Hall–Kier alpha value is -1.32. The molecule has 1 aromatic rings. The molecule has 17 heavy (non-hydrogen) atoms. The van der Waals surface area contributed by atoms with Crippen LogP contribution in [0.1, 0.15) is 34.6 Å². The molecular weight excluding hydrogens is 263 g/mol. The number of hydrogen-bond donors (Lipinski definition) is 0. The number of Topliss-reactive ketones (excluding diaryl/α,β-unsaturated/α-hetero) is 1. The molecule has 1 rings (SSSR count). The molecular formula is C12H10Cl2O3. The number of benzene rings is 1. The summed E-state index contributed by atoms with van der Waals surface area (Å²) in [4.78, 5) is 23.0. The lowest BCUT2D eigenvalue weighted by atomic mass is 10.0. The van der Waals surface area contributed by atoms with Crippen molar-refractivity contribution in [3.05, 3.63) is 45.6 Å². The predicted octanol–water partition coefficient (Wildman–Crippen LogP) is 3.89. The van der Waals surface area contributed by atoms with Crippen LogP contribution in [0.25, 0.3) is 0 Å². The number of carbonyl (C=O) groups is 2. The molecule has 0 fully saturated rings. The molecule has 1 aromatic carbocycles. The zero-order valence-electron chi connectivity index (χ0n) is 9.29. The zero-order chi connectivity index (χ0) is 13.0. The first-order chi connectivity index (χ1) is 7.97. The fourth-order valence-electron chi connectivity index (χ4n) is 1.20. The van der Waals surface area contributed by atoms with Crippen LogP contribution < -0.4 is 0 Å². The predicted molar refractivity (Wildman–Crippen MR) is 66.7 cm³/mol. The average Bonchev–Trinajstić information content (AvgIpc) is 2.28. The van der Waals surface area contributed by atoms with Gasteiger partial charge < -0.3 is 4.74 Å². The molecule has 90 valence electrons. The summed E-state index contributed by atoms with van der Waals surface area (Å²) in [7, 11) is 0. The molecule has 0 heterocycles. The lowest BCUT2D eigenvalue weighted by molar-refractivity contribution is 0.0658. The zero-order valence-corrected chi connectivity index (χ0v) is 10.8. The lowest BCUT2D eigenvalue weighted by Crippen LogP contribution is -2.08. The van der Waals surface area contributed by atoms with Gasteiger partial charge in [0.25, 0.3) is 0 Å². The number of allylic oxidation sites excluding steroid dienone is 1. The van der Waals surface area contributed by atoms with Crippen LogP contribution in [0.4, 0.5) is 0 Å². The van der Waals surface area contributed by atoms with Crippen molar-refractivity contribution in [2.75, 3.05) is 0 Å². The van der Waals surface area contributed by atoms with Gasteiger partial charge in [-0.15, -0.1) is 0 Å². The van der Waals surface area contributed by atoms with Gasteiger partial charge in [0.2, 0.25) is 0 Å². The van der Waals surface area contributed by atoms with E-state index in [4.69, 9.17) is 27.9 Å². The van der Waals surface area contributed by atoms with E-state index in [1.807, 2.05) is 0 Å². The number of hydrogen-bond acceptors (Lipinski definition) is 3. The number of ketones is 1. The van der Waals surface area contributed by atoms with E-state index >= 15 is 0 Å². The van der Waals surface area contributed by atoms with Gasteiger partial charge in [-0.2, -0.15) is 0 Å². The summed E-state index contributed by atoms with van der Waals surface area (Å²) in [6, 6.07) is 2.69. The smallest absolute Gasteiger partial charge is 0.343 e. The van der Waals surface area contributed by atoms with E-state index in [2.05, 4.69) is 0 Å². The molecule has 3 nitrogen and oxygen atoms in total.